The van der Waals surface area contributed by atoms with Gasteiger partial charge in [-0.05, 0) is 29.0 Å². The van der Waals surface area contributed by atoms with Crippen LogP contribution in [0.5, 0.6) is 0 Å². The molecule has 0 saturated carbocycles. The summed E-state index contributed by atoms with van der Waals surface area (Å²) in [5.41, 5.74) is 2.03. The van der Waals surface area contributed by atoms with E-state index in [4.69, 9.17) is 4.74 Å². The molecule has 2 rings (SSSR count). The van der Waals surface area contributed by atoms with Crippen LogP contribution in [0.15, 0.2) is 36.7 Å². The Labute approximate surface area is 87.7 Å². The molecule has 1 unspecified atom stereocenters. The zero-order chi connectivity index (χ0) is 10.7. The maximum Gasteiger partial charge on any atom is 0.143 e. The predicted molar refractivity (Wildman–Crippen MR) is 55.8 cm³/mol. The molecule has 0 spiro atoms. The molecule has 0 aliphatic carbocycles. The Morgan fingerprint density at radius 3 is 2.93 bits per heavy atom. The van der Waals surface area contributed by atoms with Crippen LogP contribution >= 0.6 is 0 Å². The molecule has 1 aliphatic rings. The number of ether oxygens (including phenoxy) is 1. The summed E-state index contributed by atoms with van der Waals surface area (Å²) in [5, 5.41) is 10.9. The van der Waals surface area contributed by atoms with E-state index < -0.39 is 0 Å². The number of epoxide rings is 1. The Bertz CT molecular complexity index is 401. The van der Waals surface area contributed by atoms with E-state index in [9.17, 15) is 0 Å². The molecule has 0 radical (unpaired) electrons. The Kier molecular flexibility index (Phi) is 2.73. The Morgan fingerprint density at radius 1 is 1.60 bits per heavy atom. The van der Waals surface area contributed by atoms with Gasteiger partial charge >= 0.3 is 0 Å². The molecule has 0 amide bonds. The molecule has 1 atom stereocenters. The van der Waals surface area contributed by atoms with Gasteiger partial charge in [-0.2, -0.15) is 0 Å². The number of nitrogens with zero attached hydrogens (tertiary/aromatic N) is 4. The fourth-order valence-electron chi connectivity index (χ4n) is 1.16. The second-order valence-corrected chi connectivity index (χ2v) is 3.26. The lowest BCUT2D eigenvalue weighted by Crippen LogP contribution is -1.94. The summed E-state index contributed by atoms with van der Waals surface area (Å²) in [7, 11) is 0. The van der Waals surface area contributed by atoms with Gasteiger partial charge in [-0.25, -0.2) is 4.68 Å². The second-order valence-electron chi connectivity index (χ2n) is 3.26. The molecule has 2 heterocycles. The van der Waals surface area contributed by atoms with Crippen LogP contribution < -0.4 is 0 Å². The van der Waals surface area contributed by atoms with Crippen LogP contribution in [0, 0.1) is 0 Å². The summed E-state index contributed by atoms with van der Waals surface area (Å²) in [4.78, 5) is 0. The third-order valence-electron chi connectivity index (χ3n) is 2.17. The fraction of sp³-hybridized carbons (Fsp3) is 0.300. The molecule has 5 heteroatoms. The maximum absolute atomic E-state index is 5.17. The van der Waals surface area contributed by atoms with Gasteiger partial charge in [0.1, 0.15) is 12.4 Å². The summed E-state index contributed by atoms with van der Waals surface area (Å²) < 4.78 is 6.77. The summed E-state index contributed by atoms with van der Waals surface area (Å²) in [6.07, 6.45) is 7.50. The van der Waals surface area contributed by atoms with Crippen LogP contribution in [0.2, 0.25) is 0 Å². The molecular formula is C10H12N4O. The minimum absolute atomic E-state index is 0.223. The van der Waals surface area contributed by atoms with E-state index in [0.717, 1.165) is 17.9 Å². The molecule has 0 bridgehead atoms. The van der Waals surface area contributed by atoms with Crippen molar-refractivity contribution < 1.29 is 4.74 Å². The summed E-state index contributed by atoms with van der Waals surface area (Å²) in [6, 6.07) is 0. The summed E-state index contributed by atoms with van der Waals surface area (Å²) in [5.74, 6) is 0. The van der Waals surface area contributed by atoms with Crippen LogP contribution in [-0.4, -0.2) is 32.9 Å². The van der Waals surface area contributed by atoms with E-state index in [2.05, 4.69) is 22.1 Å². The van der Waals surface area contributed by atoms with E-state index in [1.807, 2.05) is 19.1 Å². The van der Waals surface area contributed by atoms with Crippen molar-refractivity contribution >= 4 is 5.70 Å². The third kappa shape index (κ3) is 2.38. The van der Waals surface area contributed by atoms with Gasteiger partial charge in [0.15, 0.2) is 0 Å². The highest BCUT2D eigenvalue weighted by Crippen LogP contribution is 2.20. The highest BCUT2D eigenvalue weighted by atomic mass is 16.6. The van der Waals surface area contributed by atoms with Crippen molar-refractivity contribution in [2.45, 2.75) is 13.0 Å². The SMILES string of the molecule is C=C/C(=C\C=C(/C)n1cnnn1)C1CO1. The number of tetrazole rings is 1. The lowest BCUT2D eigenvalue weighted by atomic mass is 10.2. The first-order valence-electron chi connectivity index (χ1n) is 4.67. The van der Waals surface area contributed by atoms with E-state index >= 15 is 0 Å². The predicted octanol–water partition coefficient (Wildman–Crippen LogP) is 1.05. The highest BCUT2D eigenvalue weighted by Gasteiger charge is 2.24. The van der Waals surface area contributed by atoms with Crippen molar-refractivity contribution in [3.63, 3.8) is 0 Å². The summed E-state index contributed by atoms with van der Waals surface area (Å²) in [6.45, 7) is 6.46. The molecule has 1 aromatic rings. The minimum Gasteiger partial charge on any atom is -0.368 e. The van der Waals surface area contributed by atoms with Gasteiger partial charge in [-0.3, -0.25) is 0 Å². The minimum atomic E-state index is 0.223. The lowest BCUT2D eigenvalue weighted by molar-refractivity contribution is 0.434. The molecule has 0 N–H and O–H groups in total. The molecule has 1 aromatic heterocycles. The van der Waals surface area contributed by atoms with Gasteiger partial charge in [-0.1, -0.05) is 18.7 Å². The zero-order valence-electron chi connectivity index (χ0n) is 8.50. The number of hydrogen-bond donors (Lipinski definition) is 0. The molecule has 5 nitrogen and oxygen atoms in total. The first-order valence-corrected chi connectivity index (χ1v) is 4.67. The molecule has 78 valence electrons. The van der Waals surface area contributed by atoms with Gasteiger partial charge in [0.25, 0.3) is 0 Å². The second kappa shape index (κ2) is 4.18. The normalized spacial score (nSPS) is 21.5. The first-order chi connectivity index (χ1) is 7.31. The van der Waals surface area contributed by atoms with E-state index in [1.54, 1.807) is 17.1 Å². The summed E-state index contributed by atoms with van der Waals surface area (Å²) >= 11 is 0. The zero-order valence-corrected chi connectivity index (χ0v) is 8.50. The monoisotopic (exact) mass is 204 g/mol. The van der Waals surface area contributed by atoms with Crippen LogP contribution in [0.1, 0.15) is 6.92 Å². The van der Waals surface area contributed by atoms with Gasteiger partial charge in [0.2, 0.25) is 0 Å². The molecule has 15 heavy (non-hydrogen) atoms. The third-order valence-corrected chi connectivity index (χ3v) is 2.17. The van der Waals surface area contributed by atoms with Crippen LogP contribution in [-0.2, 0) is 4.74 Å². The van der Waals surface area contributed by atoms with Crippen molar-refractivity contribution in [2.75, 3.05) is 6.61 Å². The first kappa shape index (κ1) is 9.79. The smallest absolute Gasteiger partial charge is 0.143 e. The standard InChI is InChI=1S/C10H12N4O/c1-3-9(10-6-15-10)5-4-8(2)14-7-11-12-13-14/h3-5,7,10H,1,6H2,2H3/b8-4+,9-5+. The van der Waals surface area contributed by atoms with E-state index in [0.29, 0.717) is 0 Å². The Hall–Kier alpha value is -1.75. The molecule has 1 fully saturated rings. The van der Waals surface area contributed by atoms with Crippen molar-refractivity contribution in [3.8, 4) is 0 Å². The molecule has 1 aliphatic heterocycles. The van der Waals surface area contributed by atoms with Crippen LogP contribution in [0.25, 0.3) is 5.70 Å². The number of aromatic nitrogens is 4. The van der Waals surface area contributed by atoms with E-state index in [-0.39, 0.29) is 6.10 Å². The van der Waals surface area contributed by atoms with Crippen LogP contribution in [0.4, 0.5) is 0 Å². The topological polar surface area (TPSA) is 56.1 Å². The Balaban J connectivity index is 2.12. The van der Waals surface area contributed by atoms with Crippen molar-refractivity contribution in [2.24, 2.45) is 0 Å². The molecule has 0 aromatic carbocycles. The number of hydrogen-bond acceptors (Lipinski definition) is 4. The van der Waals surface area contributed by atoms with Crippen LogP contribution in [0.3, 0.4) is 0 Å². The molecule has 1 saturated heterocycles. The Morgan fingerprint density at radius 2 is 2.40 bits per heavy atom. The average molecular weight is 204 g/mol. The lowest BCUT2D eigenvalue weighted by Gasteiger charge is -1.97. The number of rotatable bonds is 4. The molecular weight excluding hydrogens is 192 g/mol. The van der Waals surface area contributed by atoms with Gasteiger partial charge in [-0.15, -0.1) is 5.10 Å². The number of allylic oxidation sites excluding steroid dienone is 3. The highest BCUT2D eigenvalue weighted by molar-refractivity contribution is 5.45. The van der Waals surface area contributed by atoms with Crippen molar-refractivity contribution in [3.05, 3.63) is 36.7 Å². The van der Waals surface area contributed by atoms with Crippen molar-refractivity contribution in [1.29, 1.82) is 0 Å². The van der Waals surface area contributed by atoms with Gasteiger partial charge in [0.05, 0.1) is 6.61 Å². The van der Waals surface area contributed by atoms with E-state index in [1.165, 1.54) is 0 Å². The average Bonchev–Trinajstić information content (AvgIpc) is 2.94. The largest absolute Gasteiger partial charge is 0.368 e. The fourth-order valence-corrected chi connectivity index (χ4v) is 1.16. The van der Waals surface area contributed by atoms with Gasteiger partial charge < -0.3 is 4.74 Å². The van der Waals surface area contributed by atoms with Crippen molar-refractivity contribution in [1.82, 2.24) is 20.2 Å². The quantitative estimate of drug-likeness (QED) is 0.543. The maximum atomic E-state index is 5.17. The van der Waals surface area contributed by atoms with Gasteiger partial charge in [0, 0.05) is 5.70 Å².